The van der Waals surface area contributed by atoms with E-state index < -0.39 is 6.10 Å². The number of aliphatic hydroxyl groups excluding tert-OH is 1. The van der Waals surface area contributed by atoms with E-state index in [2.05, 4.69) is 24.5 Å². The Bertz CT molecular complexity index is 334. The molecule has 0 saturated carbocycles. The summed E-state index contributed by atoms with van der Waals surface area (Å²) in [4.78, 5) is 11.6. The number of carbonyl (C=O) groups excluding carboxylic acids is 1. The van der Waals surface area contributed by atoms with Gasteiger partial charge in [-0.25, -0.2) is 0 Å². The van der Waals surface area contributed by atoms with Crippen LogP contribution in [0.1, 0.15) is 38.7 Å². The Kier molecular flexibility index (Phi) is 6.98. The highest BCUT2D eigenvalue weighted by Crippen LogP contribution is 2.12. The number of carbonyl (C=O) groups is 1. The molecule has 0 aromatic carbocycles. The zero-order valence-corrected chi connectivity index (χ0v) is 12.0. The molecule has 0 aliphatic heterocycles. The summed E-state index contributed by atoms with van der Waals surface area (Å²) < 4.78 is 0. The highest BCUT2D eigenvalue weighted by molar-refractivity contribution is 7.07. The van der Waals surface area contributed by atoms with Crippen molar-refractivity contribution in [3.63, 3.8) is 0 Å². The normalized spacial score (nSPS) is 12.7. The second-order valence-corrected chi connectivity index (χ2v) is 5.36. The topological polar surface area (TPSA) is 49.3 Å². The number of rotatable bonds is 8. The molecule has 0 aliphatic rings. The van der Waals surface area contributed by atoms with E-state index in [1.165, 1.54) is 5.56 Å². The van der Waals surface area contributed by atoms with Gasteiger partial charge < -0.3 is 10.4 Å². The van der Waals surface area contributed by atoms with Crippen LogP contribution >= 0.6 is 11.3 Å². The van der Waals surface area contributed by atoms with E-state index in [4.69, 9.17) is 0 Å². The maximum atomic E-state index is 11.6. The first kappa shape index (κ1) is 15.2. The number of aliphatic hydroxyl groups is 1. The van der Waals surface area contributed by atoms with Crippen LogP contribution in [0.5, 0.6) is 0 Å². The predicted octanol–water partition coefficient (Wildman–Crippen LogP) is 2.59. The van der Waals surface area contributed by atoms with Crippen molar-refractivity contribution in [3.05, 3.63) is 22.4 Å². The molecule has 0 spiro atoms. The Morgan fingerprint density at radius 3 is 2.72 bits per heavy atom. The minimum atomic E-state index is -0.426. The lowest BCUT2D eigenvalue weighted by molar-refractivity contribution is -0.121. The third-order valence-electron chi connectivity index (χ3n) is 3.32. The summed E-state index contributed by atoms with van der Waals surface area (Å²) in [5, 5.41) is 16.8. The van der Waals surface area contributed by atoms with Crippen molar-refractivity contribution in [3.8, 4) is 0 Å². The van der Waals surface area contributed by atoms with Gasteiger partial charge in [-0.15, -0.1) is 0 Å². The van der Waals surface area contributed by atoms with Gasteiger partial charge in [-0.05, 0) is 34.7 Å². The van der Waals surface area contributed by atoms with Crippen LogP contribution in [0.4, 0.5) is 0 Å². The van der Waals surface area contributed by atoms with Crippen molar-refractivity contribution in [1.29, 1.82) is 0 Å². The van der Waals surface area contributed by atoms with Crippen molar-refractivity contribution in [1.82, 2.24) is 5.32 Å². The SMILES string of the molecule is CCC(CC)C(O)CNC(=O)CCc1ccsc1. The smallest absolute Gasteiger partial charge is 0.220 e. The van der Waals surface area contributed by atoms with Crippen LogP contribution < -0.4 is 5.32 Å². The second-order valence-electron chi connectivity index (χ2n) is 4.58. The molecular weight excluding hydrogens is 246 g/mol. The molecule has 102 valence electrons. The molecule has 1 aromatic heterocycles. The van der Waals surface area contributed by atoms with Crippen LogP contribution in [0.15, 0.2) is 16.8 Å². The molecule has 1 aromatic rings. The van der Waals surface area contributed by atoms with Gasteiger partial charge in [0.25, 0.3) is 0 Å². The minimum Gasteiger partial charge on any atom is -0.391 e. The summed E-state index contributed by atoms with van der Waals surface area (Å²) in [6, 6.07) is 2.04. The van der Waals surface area contributed by atoms with E-state index in [0.717, 1.165) is 19.3 Å². The van der Waals surface area contributed by atoms with Crippen LogP contribution in [0.3, 0.4) is 0 Å². The summed E-state index contributed by atoms with van der Waals surface area (Å²) in [5.74, 6) is 0.299. The van der Waals surface area contributed by atoms with Gasteiger partial charge in [-0.1, -0.05) is 26.7 Å². The molecule has 18 heavy (non-hydrogen) atoms. The fourth-order valence-corrected chi connectivity index (χ4v) is 2.70. The maximum Gasteiger partial charge on any atom is 0.220 e. The summed E-state index contributed by atoms with van der Waals surface area (Å²) >= 11 is 1.65. The maximum absolute atomic E-state index is 11.6. The zero-order chi connectivity index (χ0) is 13.4. The van der Waals surface area contributed by atoms with Crippen LogP contribution in [-0.4, -0.2) is 23.7 Å². The summed E-state index contributed by atoms with van der Waals surface area (Å²) in [5.41, 5.74) is 1.20. The van der Waals surface area contributed by atoms with Crippen LogP contribution in [-0.2, 0) is 11.2 Å². The number of hydrogen-bond donors (Lipinski definition) is 2. The van der Waals surface area contributed by atoms with Crippen molar-refractivity contribution in [2.75, 3.05) is 6.54 Å². The number of aryl methyl sites for hydroxylation is 1. The van der Waals surface area contributed by atoms with Crippen molar-refractivity contribution < 1.29 is 9.90 Å². The summed E-state index contributed by atoms with van der Waals surface area (Å²) in [6.45, 7) is 4.50. The second kappa shape index (κ2) is 8.27. The monoisotopic (exact) mass is 269 g/mol. The molecule has 1 heterocycles. The van der Waals surface area contributed by atoms with Crippen molar-refractivity contribution >= 4 is 17.2 Å². The molecule has 0 radical (unpaired) electrons. The van der Waals surface area contributed by atoms with Crippen molar-refractivity contribution in [2.24, 2.45) is 5.92 Å². The van der Waals surface area contributed by atoms with E-state index in [9.17, 15) is 9.90 Å². The van der Waals surface area contributed by atoms with Gasteiger partial charge in [0.2, 0.25) is 5.91 Å². The summed E-state index contributed by atoms with van der Waals surface area (Å²) in [6.07, 6.45) is 2.73. The van der Waals surface area contributed by atoms with E-state index in [1.54, 1.807) is 11.3 Å². The molecule has 0 bridgehead atoms. The van der Waals surface area contributed by atoms with Crippen LogP contribution in [0.25, 0.3) is 0 Å². The number of amides is 1. The average Bonchev–Trinajstić information content (AvgIpc) is 2.88. The Hall–Kier alpha value is -0.870. The average molecular weight is 269 g/mol. The molecule has 0 fully saturated rings. The molecule has 1 rings (SSSR count). The lowest BCUT2D eigenvalue weighted by Gasteiger charge is -2.20. The summed E-state index contributed by atoms with van der Waals surface area (Å²) in [7, 11) is 0. The lowest BCUT2D eigenvalue weighted by atomic mass is 9.96. The van der Waals surface area contributed by atoms with Gasteiger partial charge in [-0.3, -0.25) is 4.79 Å². The first-order valence-electron chi connectivity index (χ1n) is 6.63. The Morgan fingerprint density at radius 1 is 1.44 bits per heavy atom. The third-order valence-corrected chi connectivity index (χ3v) is 4.05. The molecule has 4 heteroatoms. The third kappa shape index (κ3) is 5.19. The van der Waals surface area contributed by atoms with Gasteiger partial charge in [0.05, 0.1) is 6.10 Å². The van der Waals surface area contributed by atoms with Gasteiger partial charge in [0, 0.05) is 13.0 Å². The Balaban J connectivity index is 2.20. The standard InChI is InChI=1S/C14H23NO2S/c1-3-12(4-2)13(16)9-15-14(17)6-5-11-7-8-18-10-11/h7-8,10,12-13,16H,3-6,9H2,1-2H3,(H,15,17). The predicted molar refractivity (Wildman–Crippen MR) is 75.7 cm³/mol. The van der Waals surface area contributed by atoms with E-state index in [-0.39, 0.29) is 11.8 Å². The number of hydrogen-bond acceptors (Lipinski definition) is 3. The van der Waals surface area contributed by atoms with Gasteiger partial charge >= 0.3 is 0 Å². The molecule has 1 unspecified atom stereocenters. The fraction of sp³-hybridized carbons (Fsp3) is 0.643. The van der Waals surface area contributed by atoms with Crippen LogP contribution in [0.2, 0.25) is 0 Å². The lowest BCUT2D eigenvalue weighted by Crippen LogP contribution is -2.36. The zero-order valence-electron chi connectivity index (χ0n) is 11.2. The number of nitrogens with one attached hydrogen (secondary N) is 1. The van der Waals surface area contributed by atoms with Gasteiger partial charge in [0.1, 0.15) is 0 Å². The van der Waals surface area contributed by atoms with Gasteiger partial charge in [-0.2, -0.15) is 11.3 Å². The molecular formula is C14H23NO2S. The Labute approximate surface area is 113 Å². The molecule has 1 atom stereocenters. The first-order chi connectivity index (χ1) is 8.67. The quantitative estimate of drug-likeness (QED) is 0.762. The number of thiophene rings is 1. The van der Waals surface area contributed by atoms with Crippen molar-refractivity contribution in [2.45, 2.75) is 45.6 Å². The molecule has 0 aliphatic carbocycles. The van der Waals surface area contributed by atoms with Crippen LogP contribution in [0, 0.1) is 5.92 Å². The molecule has 0 saturated heterocycles. The van der Waals surface area contributed by atoms with E-state index in [1.807, 2.05) is 11.4 Å². The fourth-order valence-electron chi connectivity index (χ4n) is 2.00. The minimum absolute atomic E-state index is 0.0196. The highest BCUT2D eigenvalue weighted by Gasteiger charge is 2.15. The first-order valence-corrected chi connectivity index (χ1v) is 7.57. The van der Waals surface area contributed by atoms with Gasteiger partial charge in [0.15, 0.2) is 0 Å². The molecule has 1 amide bonds. The largest absolute Gasteiger partial charge is 0.391 e. The van der Waals surface area contributed by atoms with E-state index in [0.29, 0.717) is 13.0 Å². The highest BCUT2D eigenvalue weighted by atomic mass is 32.1. The Morgan fingerprint density at radius 2 is 2.17 bits per heavy atom. The molecule has 2 N–H and O–H groups in total. The molecule has 3 nitrogen and oxygen atoms in total. The van der Waals surface area contributed by atoms with E-state index >= 15 is 0 Å².